The zero-order valence-electron chi connectivity index (χ0n) is 12.0. The number of nitrogens with zero attached hydrogens (tertiary/aromatic N) is 3. The van der Waals surface area contributed by atoms with Crippen molar-refractivity contribution in [2.45, 2.75) is 70.0 Å². The maximum atomic E-state index is 8.49. The van der Waals surface area contributed by atoms with Gasteiger partial charge in [0.15, 0.2) is 17.9 Å². The number of ether oxygens (including phenoxy) is 5. The van der Waals surface area contributed by atoms with Crippen LogP contribution in [-0.2, 0) is 23.7 Å². The van der Waals surface area contributed by atoms with E-state index in [4.69, 9.17) is 29.2 Å². The molecule has 112 valence electrons. The van der Waals surface area contributed by atoms with Gasteiger partial charge in [-0.05, 0) is 33.2 Å². The zero-order valence-corrected chi connectivity index (χ0v) is 12.0. The largest absolute Gasteiger partial charge is 0.344 e. The predicted octanol–water partition coefficient (Wildman–Crippen LogP) is 1.69. The first-order valence-electron chi connectivity index (χ1n) is 6.69. The van der Waals surface area contributed by atoms with Gasteiger partial charge in [-0.25, -0.2) is 0 Å². The summed E-state index contributed by atoms with van der Waals surface area (Å²) in [5, 5.41) is 3.58. The van der Waals surface area contributed by atoms with E-state index in [0.29, 0.717) is 0 Å². The summed E-state index contributed by atoms with van der Waals surface area (Å²) < 4.78 is 29.2. The molecule has 2 unspecified atom stereocenters. The summed E-state index contributed by atoms with van der Waals surface area (Å²) in [4.78, 5) is 2.77. The normalized spacial score (nSPS) is 44.5. The second-order valence-electron chi connectivity index (χ2n) is 6.12. The Bertz CT molecular complexity index is 448. The second-order valence-corrected chi connectivity index (χ2v) is 6.12. The topological polar surface area (TPSA) is 94.9 Å². The van der Waals surface area contributed by atoms with Gasteiger partial charge in [0.05, 0.1) is 12.6 Å². The van der Waals surface area contributed by atoms with Crippen molar-refractivity contribution in [3.8, 4) is 0 Å². The number of rotatable bonds is 2. The van der Waals surface area contributed by atoms with Crippen LogP contribution in [0.15, 0.2) is 5.11 Å². The van der Waals surface area contributed by atoms with Crippen molar-refractivity contribution in [2.24, 2.45) is 5.11 Å². The molecule has 0 aromatic rings. The number of azide groups is 1. The molecule has 8 nitrogen and oxygen atoms in total. The van der Waals surface area contributed by atoms with E-state index < -0.39 is 24.0 Å². The van der Waals surface area contributed by atoms with Gasteiger partial charge in [0.2, 0.25) is 0 Å². The smallest absolute Gasteiger partial charge is 0.190 e. The first-order valence-corrected chi connectivity index (χ1v) is 6.69. The Morgan fingerprint density at radius 2 is 1.55 bits per heavy atom. The van der Waals surface area contributed by atoms with Crippen molar-refractivity contribution in [3.63, 3.8) is 0 Å². The Balaban J connectivity index is 1.85. The highest BCUT2D eigenvalue weighted by molar-refractivity contribution is 5.00. The lowest BCUT2D eigenvalue weighted by Gasteiger charge is -2.36. The minimum atomic E-state index is -0.733. The zero-order chi connectivity index (χ0) is 14.5. The summed E-state index contributed by atoms with van der Waals surface area (Å²) in [5.74, 6) is -1.46. The molecular weight excluding hydrogens is 266 g/mol. The van der Waals surface area contributed by atoms with Crippen LogP contribution in [0.2, 0.25) is 0 Å². The second kappa shape index (κ2) is 4.56. The van der Waals surface area contributed by atoms with Crippen molar-refractivity contribution in [1.29, 1.82) is 0 Å². The van der Waals surface area contributed by atoms with E-state index in [1.54, 1.807) is 0 Å². The van der Waals surface area contributed by atoms with Gasteiger partial charge in [-0.1, -0.05) is 5.11 Å². The van der Waals surface area contributed by atoms with Crippen LogP contribution in [0.25, 0.3) is 10.4 Å². The molecule has 0 radical (unpaired) electrons. The molecule has 3 aliphatic heterocycles. The van der Waals surface area contributed by atoms with Gasteiger partial charge in [-0.2, -0.15) is 0 Å². The molecule has 0 amide bonds. The van der Waals surface area contributed by atoms with E-state index in [0.717, 1.165) is 0 Å². The van der Waals surface area contributed by atoms with Gasteiger partial charge >= 0.3 is 0 Å². The third-order valence-corrected chi connectivity index (χ3v) is 3.58. The molecule has 0 bridgehead atoms. The van der Waals surface area contributed by atoms with Crippen LogP contribution in [0.1, 0.15) is 27.7 Å². The van der Waals surface area contributed by atoms with Crippen LogP contribution in [0.3, 0.4) is 0 Å². The molecule has 3 rings (SSSR count). The summed E-state index contributed by atoms with van der Waals surface area (Å²) in [5.41, 5.74) is 8.49. The maximum absolute atomic E-state index is 8.49. The number of hydrogen-bond acceptors (Lipinski definition) is 6. The highest BCUT2D eigenvalue weighted by atomic mass is 16.9. The standard InChI is InChI=1S/C12H19N3O5/c1-11(2)17-7-6(5-14-15-13)16-10-9(8(7)18-11)19-12(3,4)20-10/h6-10H,5H2,1-4H3/t6?,7-,8+,9?,10+/m0/s1. The molecule has 3 aliphatic rings. The fourth-order valence-corrected chi connectivity index (χ4v) is 2.96. The third-order valence-electron chi connectivity index (χ3n) is 3.58. The minimum absolute atomic E-state index is 0.171. The van der Waals surface area contributed by atoms with Gasteiger partial charge in [0.1, 0.15) is 18.3 Å². The van der Waals surface area contributed by atoms with Crippen molar-refractivity contribution >= 4 is 0 Å². The molecule has 20 heavy (non-hydrogen) atoms. The minimum Gasteiger partial charge on any atom is -0.344 e. The molecule has 3 fully saturated rings. The Morgan fingerprint density at radius 3 is 2.25 bits per heavy atom. The van der Waals surface area contributed by atoms with E-state index in [2.05, 4.69) is 10.0 Å². The highest BCUT2D eigenvalue weighted by Crippen LogP contribution is 2.44. The molecule has 0 saturated carbocycles. The van der Waals surface area contributed by atoms with E-state index in [9.17, 15) is 0 Å². The lowest BCUT2D eigenvalue weighted by atomic mass is 9.99. The SMILES string of the molecule is CC1(C)OC2[C@H](OC(CN=[N+]=[N-])[C@@H]3OC(C)(C)O[C@@H]23)O1. The number of fused-ring (bicyclic) bond motifs is 3. The Labute approximate surface area is 116 Å². The highest BCUT2D eigenvalue weighted by Gasteiger charge is 2.60. The molecule has 0 spiro atoms. The fourth-order valence-electron chi connectivity index (χ4n) is 2.96. The number of hydrogen-bond donors (Lipinski definition) is 0. The lowest BCUT2D eigenvalue weighted by molar-refractivity contribution is -0.231. The van der Waals surface area contributed by atoms with Gasteiger partial charge in [0.25, 0.3) is 0 Å². The lowest BCUT2D eigenvalue weighted by Crippen LogP contribution is -2.55. The van der Waals surface area contributed by atoms with E-state index in [1.807, 2.05) is 27.7 Å². The van der Waals surface area contributed by atoms with Crippen molar-refractivity contribution in [2.75, 3.05) is 6.54 Å². The summed E-state index contributed by atoms with van der Waals surface area (Å²) in [6, 6.07) is 0. The van der Waals surface area contributed by atoms with Crippen LogP contribution in [-0.4, -0.2) is 48.8 Å². The Hall–Kier alpha value is -0.890. The summed E-state index contributed by atoms with van der Waals surface area (Å²) in [6.45, 7) is 7.50. The van der Waals surface area contributed by atoms with Gasteiger partial charge in [-0.3, -0.25) is 0 Å². The summed E-state index contributed by atoms with van der Waals surface area (Å²) >= 11 is 0. The van der Waals surface area contributed by atoms with Crippen molar-refractivity contribution in [1.82, 2.24) is 0 Å². The average molecular weight is 285 g/mol. The molecule has 0 N–H and O–H groups in total. The molecule has 8 heteroatoms. The van der Waals surface area contributed by atoms with Crippen molar-refractivity contribution in [3.05, 3.63) is 10.4 Å². The first-order chi connectivity index (χ1) is 9.31. The van der Waals surface area contributed by atoms with Crippen LogP contribution >= 0.6 is 0 Å². The predicted molar refractivity (Wildman–Crippen MR) is 66.5 cm³/mol. The maximum Gasteiger partial charge on any atom is 0.190 e. The quantitative estimate of drug-likeness (QED) is 0.437. The van der Waals surface area contributed by atoms with Crippen LogP contribution in [0.4, 0.5) is 0 Å². The van der Waals surface area contributed by atoms with E-state index in [-0.39, 0.29) is 24.9 Å². The Kier molecular flexibility index (Phi) is 3.20. The third kappa shape index (κ3) is 2.39. The monoisotopic (exact) mass is 285 g/mol. The summed E-state index contributed by atoms with van der Waals surface area (Å²) in [6.07, 6.45) is -1.93. The van der Waals surface area contributed by atoms with Crippen LogP contribution < -0.4 is 0 Å². The molecule has 5 atom stereocenters. The molecule has 3 saturated heterocycles. The molecule has 0 aromatic heterocycles. The molecule has 0 aliphatic carbocycles. The summed E-state index contributed by atoms with van der Waals surface area (Å²) in [7, 11) is 0. The van der Waals surface area contributed by atoms with E-state index in [1.165, 1.54) is 0 Å². The van der Waals surface area contributed by atoms with Crippen LogP contribution in [0.5, 0.6) is 0 Å². The van der Waals surface area contributed by atoms with Crippen LogP contribution in [0, 0.1) is 0 Å². The average Bonchev–Trinajstić information content (AvgIpc) is 2.80. The van der Waals surface area contributed by atoms with Gasteiger partial charge in [0, 0.05) is 4.91 Å². The van der Waals surface area contributed by atoms with Crippen molar-refractivity contribution < 1.29 is 23.7 Å². The molecular formula is C12H19N3O5. The fraction of sp³-hybridized carbons (Fsp3) is 1.00. The first kappa shape index (κ1) is 14.1. The Morgan fingerprint density at radius 1 is 0.950 bits per heavy atom. The van der Waals surface area contributed by atoms with Gasteiger partial charge in [-0.15, -0.1) is 0 Å². The molecule has 0 aromatic carbocycles. The van der Waals surface area contributed by atoms with Gasteiger partial charge < -0.3 is 23.7 Å². The molecule has 3 heterocycles. The van der Waals surface area contributed by atoms with E-state index >= 15 is 0 Å².